The largest absolute Gasteiger partial charge is 0.465 e. The molecule has 1 amide bonds. The third-order valence-electron chi connectivity index (χ3n) is 2.92. The van der Waals surface area contributed by atoms with E-state index in [1.54, 1.807) is 39.0 Å². The van der Waals surface area contributed by atoms with Crippen molar-refractivity contribution in [2.75, 3.05) is 7.11 Å². The van der Waals surface area contributed by atoms with Crippen molar-refractivity contribution in [3.05, 3.63) is 34.5 Å². The second kappa shape index (κ2) is 6.50. The van der Waals surface area contributed by atoms with Gasteiger partial charge < -0.3 is 19.2 Å². The molecule has 1 aromatic heterocycles. The SMILES string of the molecule is COC(=O)c1cccc2c(Cl)c(CNC(=O)OC(C)(C)C)oc12. The predicted octanol–water partition coefficient (Wildman–Crippen LogP) is 3.90. The summed E-state index contributed by atoms with van der Waals surface area (Å²) < 4.78 is 15.5. The minimum Gasteiger partial charge on any atom is -0.465 e. The Hall–Kier alpha value is -2.21. The molecule has 0 aliphatic rings. The van der Waals surface area contributed by atoms with Crippen molar-refractivity contribution >= 4 is 34.6 Å². The highest BCUT2D eigenvalue weighted by molar-refractivity contribution is 6.36. The minimum absolute atomic E-state index is 0.0447. The van der Waals surface area contributed by atoms with Gasteiger partial charge in [-0.15, -0.1) is 0 Å². The van der Waals surface area contributed by atoms with Crippen LogP contribution in [0.5, 0.6) is 0 Å². The number of nitrogens with one attached hydrogen (secondary N) is 1. The number of fused-ring (bicyclic) bond motifs is 1. The smallest absolute Gasteiger partial charge is 0.408 e. The van der Waals surface area contributed by atoms with Crippen LogP contribution in [0.4, 0.5) is 4.79 Å². The molecular weight excluding hydrogens is 322 g/mol. The Kier molecular flexibility index (Phi) is 4.85. The standard InChI is InChI=1S/C16H18ClNO5/c1-16(2,3)23-15(20)18-8-11-12(17)9-6-5-7-10(13(9)22-11)14(19)21-4/h5-7H,8H2,1-4H3,(H,18,20). The number of carbonyl (C=O) groups excluding carboxylic acids is 2. The van der Waals surface area contributed by atoms with Gasteiger partial charge in [-0.3, -0.25) is 0 Å². The number of methoxy groups -OCH3 is 1. The van der Waals surface area contributed by atoms with E-state index >= 15 is 0 Å². The maximum Gasteiger partial charge on any atom is 0.408 e. The first-order valence-corrected chi connectivity index (χ1v) is 7.36. The number of ether oxygens (including phenoxy) is 2. The van der Waals surface area contributed by atoms with Gasteiger partial charge in [0.2, 0.25) is 0 Å². The first-order chi connectivity index (χ1) is 10.7. The zero-order valence-electron chi connectivity index (χ0n) is 13.4. The molecule has 0 fully saturated rings. The van der Waals surface area contributed by atoms with Crippen LogP contribution in [0, 0.1) is 0 Å². The molecule has 0 aliphatic heterocycles. The van der Waals surface area contributed by atoms with Gasteiger partial charge in [0.25, 0.3) is 0 Å². The van der Waals surface area contributed by atoms with Crippen molar-refractivity contribution in [1.29, 1.82) is 0 Å². The molecule has 0 aliphatic carbocycles. The molecule has 0 bridgehead atoms. The summed E-state index contributed by atoms with van der Waals surface area (Å²) in [6.45, 7) is 5.35. The molecule has 1 N–H and O–H groups in total. The normalized spacial score (nSPS) is 11.3. The molecule has 0 saturated heterocycles. The van der Waals surface area contributed by atoms with Crippen molar-refractivity contribution in [3.63, 3.8) is 0 Å². The quantitative estimate of drug-likeness (QED) is 0.858. The number of esters is 1. The summed E-state index contributed by atoms with van der Waals surface area (Å²) in [5.41, 5.74) is 0.000511. The molecule has 0 spiro atoms. The Bertz CT molecular complexity index is 745. The summed E-state index contributed by atoms with van der Waals surface area (Å²) in [6.07, 6.45) is -0.581. The van der Waals surface area contributed by atoms with E-state index in [-0.39, 0.29) is 12.1 Å². The van der Waals surface area contributed by atoms with Crippen molar-refractivity contribution in [2.24, 2.45) is 0 Å². The maximum absolute atomic E-state index is 11.8. The zero-order valence-corrected chi connectivity index (χ0v) is 14.1. The molecular formula is C16H18ClNO5. The molecule has 2 aromatic rings. The Morgan fingerprint density at radius 1 is 1.30 bits per heavy atom. The fourth-order valence-electron chi connectivity index (χ4n) is 1.99. The Labute approximate surface area is 138 Å². The highest BCUT2D eigenvalue weighted by atomic mass is 35.5. The van der Waals surface area contributed by atoms with Crippen LogP contribution in [0.2, 0.25) is 5.02 Å². The third-order valence-corrected chi connectivity index (χ3v) is 3.33. The van der Waals surface area contributed by atoms with E-state index in [0.29, 0.717) is 21.8 Å². The highest BCUT2D eigenvalue weighted by Crippen LogP contribution is 2.32. The van der Waals surface area contributed by atoms with E-state index in [1.807, 2.05) is 0 Å². The van der Waals surface area contributed by atoms with Crippen LogP contribution in [0.15, 0.2) is 22.6 Å². The number of hydrogen-bond acceptors (Lipinski definition) is 5. The van der Waals surface area contributed by atoms with Gasteiger partial charge in [-0.1, -0.05) is 17.7 Å². The van der Waals surface area contributed by atoms with Crippen LogP contribution >= 0.6 is 11.6 Å². The van der Waals surface area contributed by atoms with Crippen LogP contribution in [-0.4, -0.2) is 24.8 Å². The van der Waals surface area contributed by atoms with Crippen molar-refractivity contribution < 1.29 is 23.5 Å². The molecule has 1 aromatic carbocycles. The molecule has 0 unspecified atom stereocenters. The van der Waals surface area contributed by atoms with Crippen LogP contribution in [0.1, 0.15) is 36.9 Å². The fraction of sp³-hybridized carbons (Fsp3) is 0.375. The van der Waals surface area contributed by atoms with E-state index in [4.69, 9.17) is 25.5 Å². The van der Waals surface area contributed by atoms with E-state index in [2.05, 4.69) is 5.32 Å². The molecule has 1 heterocycles. The highest BCUT2D eigenvalue weighted by Gasteiger charge is 2.21. The first kappa shape index (κ1) is 17.1. The molecule has 23 heavy (non-hydrogen) atoms. The summed E-state index contributed by atoms with van der Waals surface area (Å²) >= 11 is 6.26. The Morgan fingerprint density at radius 2 is 2.00 bits per heavy atom. The minimum atomic E-state index is -0.597. The molecule has 6 nitrogen and oxygen atoms in total. The lowest BCUT2D eigenvalue weighted by Gasteiger charge is -2.19. The second-order valence-corrected chi connectivity index (χ2v) is 6.25. The van der Waals surface area contributed by atoms with Crippen LogP contribution in [0.3, 0.4) is 0 Å². The third kappa shape index (κ3) is 3.96. The van der Waals surface area contributed by atoms with Crippen LogP contribution < -0.4 is 5.32 Å². The summed E-state index contributed by atoms with van der Waals surface area (Å²) in [6, 6.07) is 4.99. The van der Waals surface area contributed by atoms with E-state index in [0.717, 1.165) is 0 Å². The van der Waals surface area contributed by atoms with E-state index < -0.39 is 17.7 Å². The molecule has 0 atom stereocenters. The van der Waals surface area contributed by atoms with E-state index in [1.165, 1.54) is 7.11 Å². The monoisotopic (exact) mass is 339 g/mol. The average Bonchev–Trinajstić information content (AvgIpc) is 2.79. The lowest BCUT2D eigenvalue weighted by molar-refractivity contribution is 0.0518. The first-order valence-electron chi connectivity index (χ1n) is 6.98. The van der Waals surface area contributed by atoms with Gasteiger partial charge in [-0.05, 0) is 32.9 Å². The molecule has 7 heteroatoms. The number of rotatable bonds is 3. The van der Waals surface area contributed by atoms with Gasteiger partial charge >= 0.3 is 12.1 Å². The summed E-state index contributed by atoms with van der Waals surface area (Å²) in [4.78, 5) is 23.4. The zero-order chi connectivity index (χ0) is 17.2. The van der Waals surface area contributed by atoms with Crippen LogP contribution in [0.25, 0.3) is 11.0 Å². The number of alkyl carbamates (subject to hydrolysis) is 1. The maximum atomic E-state index is 11.8. The Morgan fingerprint density at radius 3 is 2.61 bits per heavy atom. The van der Waals surface area contributed by atoms with Gasteiger partial charge in [0.1, 0.15) is 22.5 Å². The molecule has 124 valence electrons. The van der Waals surface area contributed by atoms with Crippen molar-refractivity contribution in [2.45, 2.75) is 32.9 Å². The summed E-state index contributed by atoms with van der Waals surface area (Å²) in [5, 5.41) is 3.48. The van der Waals surface area contributed by atoms with Gasteiger partial charge in [-0.25, -0.2) is 9.59 Å². The predicted molar refractivity (Wildman–Crippen MR) is 85.6 cm³/mol. The molecule has 0 radical (unpaired) electrons. The average molecular weight is 340 g/mol. The number of halogens is 1. The van der Waals surface area contributed by atoms with Crippen molar-refractivity contribution in [3.8, 4) is 0 Å². The van der Waals surface area contributed by atoms with Crippen LogP contribution in [-0.2, 0) is 16.0 Å². The lowest BCUT2D eigenvalue weighted by atomic mass is 10.1. The molecule has 2 rings (SSSR count). The van der Waals surface area contributed by atoms with Gasteiger partial charge in [0.05, 0.1) is 18.7 Å². The number of benzene rings is 1. The summed E-state index contributed by atoms with van der Waals surface area (Å²) in [7, 11) is 1.29. The number of carbonyl (C=O) groups is 2. The topological polar surface area (TPSA) is 77.8 Å². The fourth-order valence-corrected chi connectivity index (χ4v) is 2.24. The number of hydrogen-bond donors (Lipinski definition) is 1. The number of amides is 1. The number of furan rings is 1. The Balaban J connectivity index is 2.24. The summed E-state index contributed by atoms with van der Waals surface area (Å²) in [5.74, 6) is -0.184. The van der Waals surface area contributed by atoms with Gasteiger partial charge in [0.15, 0.2) is 0 Å². The van der Waals surface area contributed by atoms with Gasteiger partial charge in [0, 0.05) is 5.39 Å². The van der Waals surface area contributed by atoms with Gasteiger partial charge in [-0.2, -0.15) is 0 Å². The van der Waals surface area contributed by atoms with E-state index in [9.17, 15) is 9.59 Å². The lowest BCUT2D eigenvalue weighted by Crippen LogP contribution is -2.32. The van der Waals surface area contributed by atoms with Crippen molar-refractivity contribution in [1.82, 2.24) is 5.32 Å². The molecule has 0 saturated carbocycles. The second-order valence-electron chi connectivity index (χ2n) is 5.87. The number of para-hydroxylation sites is 1.